The van der Waals surface area contributed by atoms with E-state index in [-0.39, 0.29) is 12.1 Å². The first-order valence-corrected chi connectivity index (χ1v) is 9.09. The number of nitrogens with zero attached hydrogens (tertiary/aromatic N) is 1. The number of aliphatic imine (C=N–C) groups is 1. The maximum absolute atomic E-state index is 13.8. The summed E-state index contributed by atoms with van der Waals surface area (Å²) in [5.41, 5.74) is 1.71. The van der Waals surface area contributed by atoms with Crippen LogP contribution in [0.5, 0.6) is 0 Å². The molecule has 3 aromatic rings. The Morgan fingerprint density at radius 3 is 2.43 bits per heavy atom. The fourth-order valence-corrected chi connectivity index (χ4v) is 3.57. The quantitative estimate of drug-likeness (QED) is 0.449. The second kappa shape index (κ2) is 7.55. The molecule has 1 aliphatic heterocycles. The highest BCUT2D eigenvalue weighted by Gasteiger charge is 2.19. The minimum atomic E-state index is -0.676. The van der Waals surface area contributed by atoms with Crippen molar-refractivity contribution in [2.24, 2.45) is 4.99 Å². The lowest BCUT2D eigenvalue weighted by Crippen LogP contribution is -2.29. The van der Waals surface area contributed by atoms with Gasteiger partial charge in [0.05, 0.1) is 17.1 Å². The standard InChI is InChI=1S/C20H13F4N3S/c21-13-4-5-17(24)12(8-13)10-25-20-26-19-16(2-1-3-18(19)28-27-20)11-6-14(22)9-15(23)7-11/h1-9H,10H2,(H2,25,26,27). The molecule has 0 aliphatic carbocycles. The summed E-state index contributed by atoms with van der Waals surface area (Å²) >= 11 is 1.26. The van der Waals surface area contributed by atoms with Crippen LogP contribution in [0.1, 0.15) is 5.56 Å². The minimum Gasteiger partial charge on any atom is -0.324 e. The first-order valence-electron chi connectivity index (χ1n) is 8.27. The van der Waals surface area contributed by atoms with Gasteiger partial charge in [-0.05, 0) is 53.9 Å². The molecule has 0 spiro atoms. The van der Waals surface area contributed by atoms with E-state index in [2.05, 4.69) is 15.0 Å². The Hall–Kier alpha value is -3.00. The molecule has 0 bridgehead atoms. The molecule has 1 aliphatic rings. The fourth-order valence-electron chi connectivity index (χ4n) is 2.84. The largest absolute Gasteiger partial charge is 0.324 e. The summed E-state index contributed by atoms with van der Waals surface area (Å²) < 4.78 is 57.3. The third-order valence-electron chi connectivity index (χ3n) is 4.12. The maximum Gasteiger partial charge on any atom is 0.206 e. The minimum absolute atomic E-state index is 0.0778. The number of anilines is 1. The Morgan fingerprint density at radius 2 is 1.64 bits per heavy atom. The highest BCUT2D eigenvalue weighted by atomic mass is 32.2. The SMILES string of the molecule is Fc1cc(F)cc(-c2cccc3c2NC(=NCc2cc(F)ccc2F)NS3)c1. The van der Waals surface area contributed by atoms with Crippen molar-refractivity contribution in [1.82, 2.24) is 4.72 Å². The van der Waals surface area contributed by atoms with Crippen molar-refractivity contribution in [3.05, 3.63) is 83.4 Å². The molecular weight excluding hydrogens is 390 g/mol. The summed E-state index contributed by atoms with van der Waals surface area (Å²) in [6, 6.07) is 11.8. The molecule has 0 unspecified atom stereocenters. The highest BCUT2D eigenvalue weighted by Crippen LogP contribution is 2.38. The van der Waals surface area contributed by atoms with Gasteiger partial charge < -0.3 is 5.32 Å². The molecule has 0 radical (unpaired) electrons. The number of rotatable bonds is 3. The number of para-hydroxylation sites is 1. The number of fused-ring (bicyclic) bond motifs is 1. The molecule has 2 N–H and O–H groups in total. The van der Waals surface area contributed by atoms with E-state index in [0.717, 1.165) is 29.2 Å². The zero-order valence-electron chi connectivity index (χ0n) is 14.3. The van der Waals surface area contributed by atoms with Crippen LogP contribution in [0.25, 0.3) is 11.1 Å². The molecule has 3 aromatic carbocycles. The van der Waals surface area contributed by atoms with Crippen molar-refractivity contribution in [2.75, 3.05) is 5.32 Å². The van der Waals surface area contributed by atoms with Crippen LogP contribution in [-0.4, -0.2) is 5.96 Å². The summed E-state index contributed by atoms with van der Waals surface area (Å²) in [6.45, 7) is -0.0778. The van der Waals surface area contributed by atoms with Crippen molar-refractivity contribution >= 4 is 23.6 Å². The first-order chi connectivity index (χ1) is 13.5. The number of nitrogens with one attached hydrogen (secondary N) is 2. The van der Waals surface area contributed by atoms with Gasteiger partial charge in [0, 0.05) is 17.2 Å². The lowest BCUT2D eigenvalue weighted by atomic mass is 10.0. The molecule has 0 saturated heterocycles. The predicted molar refractivity (Wildman–Crippen MR) is 102 cm³/mol. The van der Waals surface area contributed by atoms with Crippen LogP contribution in [0.15, 0.2) is 64.5 Å². The second-order valence-corrected chi connectivity index (χ2v) is 6.91. The van der Waals surface area contributed by atoms with Crippen molar-refractivity contribution < 1.29 is 17.6 Å². The van der Waals surface area contributed by atoms with Gasteiger partial charge in [0.1, 0.15) is 23.3 Å². The van der Waals surface area contributed by atoms with Crippen molar-refractivity contribution in [3.8, 4) is 11.1 Å². The maximum atomic E-state index is 13.8. The molecule has 142 valence electrons. The highest BCUT2D eigenvalue weighted by molar-refractivity contribution is 7.98. The normalized spacial score (nSPS) is 14.4. The molecule has 28 heavy (non-hydrogen) atoms. The van der Waals surface area contributed by atoms with Gasteiger partial charge in [-0.15, -0.1) is 0 Å². The van der Waals surface area contributed by atoms with Crippen LogP contribution < -0.4 is 10.0 Å². The average Bonchev–Trinajstić information content (AvgIpc) is 2.67. The molecule has 1 heterocycles. The van der Waals surface area contributed by atoms with Gasteiger partial charge in [-0.2, -0.15) is 0 Å². The Labute approximate surface area is 162 Å². The molecule has 4 rings (SSSR count). The first kappa shape index (κ1) is 18.4. The van der Waals surface area contributed by atoms with Gasteiger partial charge in [-0.25, -0.2) is 22.6 Å². The van der Waals surface area contributed by atoms with E-state index in [4.69, 9.17) is 0 Å². The third kappa shape index (κ3) is 3.82. The lowest BCUT2D eigenvalue weighted by Gasteiger charge is -2.23. The van der Waals surface area contributed by atoms with Gasteiger partial charge in [-0.3, -0.25) is 4.72 Å². The van der Waals surface area contributed by atoms with Crippen LogP contribution >= 0.6 is 11.9 Å². The number of benzene rings is 3. The molecule has 0 amide bonds. The topological polar surface area (TPSA) is 36.4 Å². The number of hydrogen-bond donors (Lipinski definition) is 2. The van der Waals surface area contributed by atoms with Crippen molar-refractivity contribution in [1.29, 1.82) is 0 Å². The Kier molecular flexibility index (Phi) is 4.95. The number of guanidine groups is 1. The average molecular weight is 403 g/mol. The summed E-state index contributed by atoms with van der Waals surface area (Å²) in [7, 11) is 0. The Balaban J connectivity index is 1.65. The monoisotopic (exact) mass is 403 g/mol. The summed E-state index contributed by atoms with van der Waals surface area (Å²) in [4.78, 5) is 5.05. The summed E-state index contributed by atoms with van der Waals surface area (Å²) in [6.07, 6.45) is 0. The van der Waals surface area contributed by atoms with Gasteiger partial charge in [0.2, 0.25) is 5.96 Å². The van der Waals surface area contributed by atoms with Crippen LogP contribution in [0.2, 0.25) is 0 Å². The van der Waals surface area contributed by atoms with Gasteiger partial charge in [0.15, 0.2) is 0 Å². The van der Waals surface area contributed by atoms with E-state index in [1.165, 1.54) is 24.1 Å². The summed E-state index contributed by atoms with van der Waals surface area (Å²) in [5.74, 6) is -2.12. The Bertz CT molecular complexity index is 1060. The van der Waals surface area contributed by atoms with Crippen LogP contribution in [0, 0.1) is 23.3 Å². The van der Waals surface area contributed by atoms with E-state index < -0.39 is 23.3 Å². The van der Waals surface area contributed by atoms with Crippen molar-refractivity contribution in [3.63, 3.8) is 0 Å². The van der Waals surface area contributed by atoms with E-state index in [1.54, 1.807) is 12.1 Å². The number of hydrogen-bond acceptors (Lipinski definition) is 2. The zero-order chi connectivity index (χ0) is 19.7. The molecule has 8 heteroatoms. The molecular formula is C20H13F4N3S. The molecule has 3 nitrogen and oxygen atoms in total. The van der Waals surface area contributed by atoms with Crippen molar-refractivity contribution in [2.45, 2.75) is 11.4 Å². The van der Waals surface area contributed by atoms with E-state index in [9.17, 15) is 17.6 Å². The zero-order valence-corrected chi connectivity index (χ0v) is 15.1. The van der Waals surface area contributed by atoms with E-state index in [1.807, 2.05) is 6.07 Å². The number of halogens is 4. The predicted octanol–water partition coefficient (Wildman–Crippen LogP) is 5.49. The molecule has 0 atom stereocenters. The third-order valence-corrected chi connectivity index (χ3v) is 4.97. The van der Waals surface area contributed by atoms with Gasteiger partial charge >= 0.3 is 0 Å². The van der Waals surface area contributed by atoms with Crippen LogP contribution in [0.3, 0.4) is 0 Å². The van der Waals surface area contributed by atoms with Gasteiger partial charge in [-0.1, -0.05) is 12.1 Å². The molecule has 0 saturated carbocycles. The smallest absolute Gasteiger partial charge is 0.206 e. The summed E-state index contributed by atoms with van der Waals surface area (Å²) in [5, 5.41) is 3.06. The van der Waals surface area contributed by atoms with Crippen LogP contribution in [-0.2, 0) is 6.54 Å². The lowest BCUT2D eigenvalue weighted by molar-refractivity contribution is 0.584. The molecule has 0 fully saturated rings. The molecule has 0 aromatic heterocycles. The van der Waals surface area contributed by atoms with Gasteiger partial charge in [0.25, 0.3) is 0 Å². The fraction of sp³-hybridized carbons (Fsp3) is 0.0500. The Morgan fingerprint density at radius 1 is 0.857 bits per heavy atom. The van der Waals surface area contributed by atoms with E-state index in [0.29, 0.717) is 22.8 Å². The second-order valence-electron chi connectivity index (χ2n) is 6.07. The van der Waals surface area contributed by atoms with Crippen LogP contribution in [0.4, 0.5) is 23.2 Å². The van der Waals surface area contributed by atoms with E-state index >= 15 is 0 Å².